The molecule has 0 bridgehead atoms. The number of benzene rings is 2. The molecule has 4 rings (SSSR count). The number of hydrogen-bond donors (Lipinski definition) is 1. The van der Waals surface area contributed by atoms with E-state index >= 15 is 0 Å². The van der Waals surface area contributed by atoms with E-state index in [2.05, 4.69) is 0 Å². The summed E-state index contributed by atoms with van der Waals surface area (Å²) < 4.78 is 11.5. The lowest BCUT2D eigenvalue weighted by Crippen LogP contribution is -2.27. The molecular weight excluding hydrogens is 304 g/mol. The van der Waals surface area contributed by atoms with Crippen LogP contribution in [0, 0.1) is 0 Å². The van der Waals surface area contributed by atoms with E-state index in [1.807, 2.05) is 44.2 Å². The predicted octanol–water partition coefficient (Wildman–Crippen LogP) is 4.35. The van der Waals surface area contributed by atoms with Crippen molar-refractivity contribution in [3.63, 3.8) is 0 Å². The molecule has 0 aliphatic carbocycles. The van der Waals surface area contributed by atoms with E-state index in [1.165, 1.54) is 18.4 Å². The molecule has 1 N–H and O–H groups in total. The first-order valence-electron chi connectivity index (χ1n) is 7.70. The van der Waals surface area contributed by atoms with Crippen LogP contribution >= 0.6 is 0 Å². The molecule has 0 fully saturated rings. The standard InChI is InChI=1S/C20H16O4/c1-20(2)8-7-12-3-4-13(9-17(12)24-20)16-11-23-18-10-14(21)5-6-15(18)19(16)22/h3-11,21H,1-2H3. The third kappa shape index (κ3) is 2.36. The van der Waals surface area contributed by atoms with E-state index in [-0.39, 0.29) is 16.8 Å². The van der Waals surface area contributed by atoms with Crippen LogP contribution in [0.25, 0.3) is 28.2 Å². The highest BCUT2D eigenvalue weighted by Crippen LogP contribution is 2.34. The SMILES string of the molecule is CC1(C)C=Cc2ccc(-c3coc4cc(O)ccc4c3=O)cc2O1. The molecule has 1 aliphatic rings. The Labute approximate surface area is 138 Å². The summed E-state index contributed by atoms with van der Waals surface area (Å²) >= 11 is 0. The molecule has 3 aromatic rings. The zero-order chi connectivity index (χ0) is 16.9. The van der Waals surface area contributed by atoms with Gasteiger partial charge in [0.05, 0.1) is 10.9 Å². The van der Waals surface area contributed by atoms with Gasteiger partial charge in [0.2, 0.25) is 0 Å². The zero-order valence-electron chi connectivity index (χ0n) is 13.4. The number of rotatable bonds is 1. The molecule has 0 amide bonds. The minimum absolute atomic E-state index is 0.0644. The van der Waals surface area contributed by atoms with E-state index < -0.39 is 0 Å². The van der Waals surface area contributed by atoms with Crippen LogP contribution in [0.5, 0.6) is 11.5 Å². The Morgan fingerprint density at radius 2 is 1.92 bits per heavy atom. The van der Waals surface area contributed by atoms with Crippen molar-refractivity contribution in [1.29, 1.82) is 0 Å². The smallest absolute Gasteiger partial charge is 0.200 e. The highest BCUT2D eigenvalue weighted by molar-refractivity contribution is 5.83. The topological polar surface area (TPSA) is 59.7 Å². The lowest BCUT2D eigenvalue weighted by molar-refractivity contribution is 0.159. The van der Waals surface area contributed by atoms with Crippen molar-refractivity contribution in [2.45, 2.75) is 19.4 Å². The van der Waals surface area contributed by atoms with Crippen molar-refractivity contribution < 1.29 is 14.3 Å². The second kappa shape index (κ2) is 4.99. The van der Waals surface area contributed by atoms with Gasteiger partial charge in [-0.3, -0.25) is 4.79 Å². The van der Waals surface area contributed by atoms with Crippen molar-refractivity contribution in [1.82, 2.24) is 0 Å². The van der Waals surface area contributed by atoms with Crippen LogP contribution in [0.3, 0.4) is 0 Å². The minimum atomic E-state index is -0.378. The summed E-state index contributed by atoms with van der Waals surface area (Å²) in [5.74, 6) is 0.805. The van der Waals surface area contributed by atoms with Crippen LogP contribution < -0.4 is 10.2 Å². The van der Waals surface area contributed by atoms with Crippen molar-refractivity contribution in [3.05, 3.63) is 64.5 Å². The number of phenols is 1. The van der Waals surface area contributed by atoms with Gasteiger partial charge in [-0.05, 0) is 43.7 Å². The molecule has 2 heterocycles. The summed E-state index contributed by atoms with van der Waals surface area (Å²) in [4.78, 5) is 12.7. The maximum absolute atomic E-state index is 12.7. The number of ether oxygens (including phenoxy) is 1. The molecule has 0 radical (unpaired) electrons. The molecule has 0 atom stereocenters. The second-order valence-electron chi connectivity index (χ2n) is 6.45. The minimum Gasteiger partial charge on any atom is -0.508 e. The largest absolute Gasteiger partial charge is 0.508 e. The number of hydrogen-bond acceptors (Lipinski definition) is 4. The van der Waals surface area contributed by atoms with Gasteiger partial charge in [0.25, 0.3) is 0 Å². The van der Waals surface area contributed by atoms with Crippen LogP contribution in [0.4, 0.5) is 0 Å². The molecule has 0 unspecified atom stereocenters. The molecule has 0 saturated heterocycles. The monoisotopic (exact) mass is 320 g/mol. The Morgan fingerprint density at radius 1 is 1.08 bits per heavy atom. The van der Waals surface area contributed by atoms with Gasteiger partial charge in [-0.2, -0.15) is 0 Å². The molecule has 4 nitrogen and oxygen atoms in total. The van der Waals surface area contributed by atoms with Crippen LogP contribution in [-0.4, -0.2) is 10.7 Å². The van der Waals surface area contributed by atoms with Gasteiger partial charge in [0.15, 0.2) is 5.43 Å². The van der Waals surface area contributed by atoms with Crippen molar-refractivity contribution in [2.24, 2.45) is 0 Å². The lowest BCUT2D eigenvalue weighted by atomic mass is 9.98. The quantitative estimate of drug-likeness (QED) is 0.724. The lowest BCUT2D eigenvalue weighted by Gasteiger charge is -2.28. The highest BCUT2D eigenvalue weighted by atomic mass is 16.5. The average Bonchev–Trinajstić information content (AvgIpc) is 2.53. The Bertz CT molecular complexity index is 1040. The molecule has 120 valence electrons. The Morgan fingerprint density at radius 3 is 2.75 bits per heavy atom. The molecule has 0 spiro atoms. The molecule has 2 aromatic carbocycles. The van der Waals surface area contributed by atoms with Gasteiger partial charge < -0.3 is 14.3 Å². The average molecular weight is 320 g/mol. The zero-order valence-corrected chi connectivity index (χ0v) is 13.4. The van der Waals surface area contributed by atoms with Gasteiger partial charge in [-0.25, -0.2) is 0 Å². The Kier molecular flexibility index (Phi) is 3.03. The highest BCUT2D eigenvalue weighted by Gasteiger charge is 2.22. The number of fused-ring (bicyclic) bond motifs is 2. The first-order valence-corrected chi connectivity index (χ1v) is 7.70. The van der Waals surface area contributed by atoms with Gasteiger partial charge in [-0.1, -0.05) is 18.2 Å². The van der Waals surface area contributed by atoms with Gasteiger partial charge in [-0.15, -0.1) is 0 Å². The van der Waals surface area contributed by atoms with Crippen LogP contribution in [-0.2, 0) is 0 Å². The fourth-order valence-corrected chi connectivity index (χ4v) is 2.85. The van der Waals surface area contributed by atoms with Crippen LogP contribution in [0.2, 0.25) is 0 Å². The second-order valence-corrected chi connectivity index (χ2v) is 6.45. The normalized spacial score (nSPS) is 15.1. The van der Waals surface area contributed by atoms with Gasteiger partial charge in [0, 0.05) is 11.6 Å². The van der Waals surface area contributed by atoms with Crippen molar-refractivity contribution in [2.75, 3.05) is 0 Å². The van der Waals surface area contributed by atoms with Gasteiger partial charge in [0.1, 0.15) is 28.9 Å². The first kappa shape index (κ1) is 14.6. The molecule has 1 aliphatic heterocycles. The van der Waals surface area contributed by atoms with E-state index in [9.17, 15) is 9.90 Å². The van der Waals surface area contributed by atoms with Crippen molar-refractivity contribution >= 4 is 17.0 Å². The third-order valence-corrected chi connectivity index (χ3v) is 4.12. The summed E-state index contributed by atoms with van der Waals surface area (Å²) in [6.07, 6.45) is 5.45. The van der Waals surface area contributed by atoms with Crippen LogP contribution in [0.1, 0.15) is 19.4 Å². The van der Waals surface area contributed by atoms with E-state index in [1.54, 1.807) is 6.07 Å². The predicted molar refractivity (Wildman–Crippen MR) is 93.3 cm³/mol. The number of aromatic hydroxyl groups is 1. The molecule has 4 heteroatoms. The maximum Gasteiger partial charge on any atom is 0.200 e. The molecular formula is C20H16O4. The molecule has 0 saturated carbocycles. The van der Waals surface area contributed by atoms with Crippen LogP contribution in [0.15, 0.2) is 57.9 Å². The van der Waals surface area contributed by atoms with Gasteiger partial charge >= 0.3 is 0 Å². The Hall–Kier alpha value is -3.01. The summed E-state index contributed by atoms with van der Waals surface area (Å²) in [5, 5.41) is 9.94. The third-order valence-electron chi connectivity index (χ3n) is 4.12. The Balaban J connectivity index is 1.87. The number of phenolic OH excluding ortho intramolecular Hbond substituents is 1. The summed E-state index contributed by atoms with van der Waals surface area (Å²) in [5.41, 5.74) is 2.03. The first-order chi connectivity index (χ1) is 11.4. The van der Waals surface area contributed by atoms with E-state index in [0.717, 1.165) is 16.9 Å². The van der Waals surface area contributed by atoms with E-state index in [4.69, 9.17) is 9.15 Å². The van der Waals surface area contributed by atoms with Crippen molar-refractivity contribution in [3.8, 4) is 22.6 Å². The summed E-state index contributed by atoms with van der Waals surface area (Å²) in [6, 6.07) is 10.1. The fraction of sp³-hybridized carbons (Fsp3) is 0.150. The molecule has 1 aromatic heterocycles. The maximum atomic E-state index is 12.7. The fourth-order valence-electron chi connectivity index (χ4n) is 2.85. The van der Waals surface area contributed by atoms with E-state index in [0.29, 0.717) is 16.5 Å². The summed E-state index contributed by atoms with van der Waals surface area (Å²) in [7, 11) is 0. The summed E-state index contributed by atoms with van der Waals surface area (Å²) in [6.45, 7) is 3.96. The molecule has 24 heavy (non-hydrogen) atoms.